The molecule has 0 aromatic rings. The molecule has 78 valence electrons. The minimum Gasteiger partial charge on any atom is -0.328 e. The predicted molar refractivity (Wildman–Crippen MR) is 63.0 cm³/mol. The highest BCUT2D eigenvalue weighted by Gasteiger charge is 2.40. The minimum atomic E-state index is -1.77. The zero-order chi connectivity index (χ0) is 10.9. The Morgan fingerprint density at radius 2 is 1.62 bits per heavy atom. The lowest BCUT2D eigenvalue weighted by Gasteiger charge is -2.42. The molecule has 3 N–H and O–H groups in total. The highest BCUT2D eigenvalue weighted by atomic mass is 28.3. The maximum Gasteiger partial charge on any atom is 0.166 e. The third-order valence-corrected chi connectivity index (χ3v) is 7.14. The van der Waals surface area contributed by atoms with Crippen molar-refractivity contribution < 1.29 is 0 Å². The van der Waals surface area contributed by atoms with E-state index in [1.807, 2.05) is 5.70 Å². The van der Waals surface area contributed by atoms with Crippen molar-refractivity contribution in [1.82, 2.24) is 4.98 Å². The Hall–Kier alpha value is -0.123. The molecular weight excluding hydrogens is 176 g/mol. The van der Waals surface area contributed by atoms with Crippen molar-refractivity contribution in [2.24, 2.45) is 5.73 Å². The zero-order valence-electron chi connectivity index (χ0n) is 9.86. The standard InChI is InChI=1S/C10H24N2Si/c1-8-13(7,10(5,6)11)12-9(2,3)4/h8,12H,1,11H2,2-7H3. The first-order chi connectivity index (χ1) is 5.52. The summed E-state index contributed by atoms with van der Waals surface area (Å²) in [6, 6.07) is 0. The van der Waals surface area contributed by atoms with E-state index in [0.29, 0.717) is 0 Å². The molecule has 0 aromatic heterocycles. The maximum atomic E-state index is 6.16. The molecule has 0 heterocycles. The molecule has 0 aliphatic rings. The van der Waals surface area contributed by atoms with Gasteiger partial charge in [0.2, 0.25) is 0 Å². The average Bonchev–Trinajstić information content (AvgIpc) is 1.81. The van der Waals surface area contributed by atoms with Crippen LogP contribution in [0.25, 0.3) is 0 Å². The topological polar surface area (TPSA) is 38.0 Å². The molecule has 0 aliphatic carbocycles. The van der Waals surface area contributed by atoms with Crippen LogP contribution in [0.1, 0.15) is 34.6 Å². The molecule has 1 atom stereocenters. The van der Waals surface area contributed by atoms with E-state index in [2.05, 4.69) is 52.7 Å². The lowest BCUT2D eigenvalue weighted by molar-refractivity contribution is 0.495. The number of hydrogen-bond donors (Lipinski definition) is 2. The summed E-state index contributed by atoms with van der Waals surface area (Å²) in [7, 11) is -1.77. The molecule has 0 rings (SSSR count). The van der Waals surface area contributed by atoms with Gasteiger partial charge in [-0.2, -0.15) is 0 Å². The third-order valence-electron chi connectivity index (χ3n) is 2.38. The fourth-order valence-electron chi connectivity index (χ4n) is 1.25. The summed E-state index contributed by atoms with van der Waals surface area (Å²) in [6.07, 6.45) is 0. The Bertz CT molecular complexity index is 188. The van der Waals surface area contributed by atoms with Crippen molar-refractivity contribution in [2.45, 2.75) is 51.9 Å². The quantitative estimate of drug-likeness (QED) is 0.683. The second kappa shape index (κ2) is 3.56. The monoisotopic (exact) mass is 200 g/mol. The van der Waals surface area contributed by atoms with Crippen LogP contribution < -0.4 is 10.7 Å². The van der Waals surface area contributed by atoms with Gasteiger partial charge in [0.15, 0.2) is 8.24 Å². The number of rotatable bonds is 3. The van der Waals surface area contributed by atoms with Gasteiger partial charge in [-0.05, 0) is 34.6 Å². The average molecular weight is 200 g/mol. The first kappa shape index (κ1) is 12.9. The number of nitrogens with two attached hydrogens (primary N) is 1. The fraction of sp³-hybridized carbons (Fsp3) is 0.800. The molecule has 0 saturated carbocycles. The third kappa shape index (κ3) is 3.63. The Morgan fingerprint density at radius 3 is 1.69 bits per heavy atom. The largest absolute Gasteiger partial charge is 0.328 e. The van der Waals surface area contributed by atoms with E-state index < -0.39 is 8.24 Å². The fourth-order valence-corrected chi connectivity index (χ4v) is 3.76. The summed E-state index contributed by atoms with van der Waals surface area (Å²) in [4.78, 5) is 3.62. The molecule has 0 spiro atoms. The van der Waals surface area contributed by atoms with Gasteiger partial charge in [0.05, 0.1) is 0 Å². The molecule has 3 heteroatoms. The van der Waals surface area contributed by atoms with E-state index in [-0.39, 0.29) is 10.7 Å². The van der Waals surface area contributed by atoms with Gasteiger partial charge in [0.1, 0.15) is 0 Å². The summed E-state index contributed by atoms with van der Waals surface area (Å²) in [5.41, 5.74) is 8.29. The van der Waals surface area contributed by atoms with E-state index in [4.69, 9.17) is 5.73 Å². The van der Waals surface area contributed by atoms with Crippen LogP contribution >= 0.6 is 0 Å². The van der Waals surface area contributed by atoms with Crippen molar-refractivity contribution in [3.63, 3.8) is 0 Å². The van der Waals surface area contributed by atoms with Gasteiger partial charge in [0, 0.05) is 10.7 Å². The molecule has 0 aromatic carbocycles. The van der Waals surface area contributed by atoms with Crippen molar-refractivity contribution in [1.29, 1.82) is 0 Å². The molecule has 0 radical (unpaired) electrons. The smallest absolute Gasteiger partial charge is 0.166 e. The lowest BCUT2D eigenvalue weighted by Crippen LogP contribution is -2.70. The van der Waals surface area contributed by atoms with Crippen molar-refractivity contribution in [3.05, 3.63) is 12.3 Å². The molecule has 0 aliphatic heterocycles. The van der Waals surface area contributed by atoms with Crippen LogP contribution in [0.4, 0.5) is 0 Å². The molecule has 13 heavy (non-hydrogen) atoms. The van der Waals surface area contributed by atoms with Gasteiger partial charge in [-0.3, -0.25) is 0 Å². The van der Waals surface area contributed by atoms with Crippen LogP contribution in [0, 0.1) is 0 Å². The zero-order valence-corrected chi connectivity index (χ0v) is 10.9. The first-order valence-electron chi connectivity index (χ1n) is 4.74. The Balaban J connectivity index is 4.77. The van der Waals surface area contributed by atoms with Gasteiger partial charge in [-0.1, -0.05) is 12.2 Å². The van der Waals surface area contributed by atoms with Gasteiger partial charge >= 0.3 is 0 Å². The van der Waals surface area contributed by atoms with Crippen LogP contribution in [0.2, 0.25) is 6.55 Å². The molecule has 1 unspecified atom stereocenters. The summed E-state index contributed by atoms with van der Waals surface area (Å²) in [6.45, 7) is 16.7. The molecule has 0 saturated heterocycles. The second-order valence-electron chi connectivity index (χ2n) is 5.50. The van der Waals surface area contributed by atoms with E-state index in [1.54, 1.807) is 0 Å². The normalized spacial score (nSPS) is 18.1. The van der Waals surface area contributed by atoms with Gasteiger partial charge in [0.25, 0.3) is 0 Å². The highest BCUT2D eigenvalue weighted by Crippen LogP contribution is 2.18. The summed E-state index contributed by atoms with van der Waals surface area (Å²) in [5.74, 6) is 0. The first-order valence-corrected chi connectivity index (χ1v) is 7.31. The predicted octanol–water partition coefficient (Wildman–Crippen LogP) is 1.95. The van der Waals surface area contributed by atoms with Crippen molar-refractivity contribution in [2.75, 3.05) is 0 Å². The molecular formula is C10H24N2Si. The van der Waals surface area contributed by atoms with Crippen LogP contribution in [0.3, 0.4) is 0 Å². The van der Waals surface area contributed by atoms with E-state index in [0.717, 1.165) is 0 Å². The molecule has 0 fully saturated rings. The van der Waals surface area contributed by atoms with Crippen LogP contribution in [0.5, 0.6) is 0 Å². The summed E-state index contributed by atoms with van der Waals surface area (Å²) >= 11 is 0. The van der Waals surface area contributed by atoms with Gasteiger partial charge in [-0.15, -0.1) is 6.58 Å². The SMILES string of the molecule is C=C[Si](C)(NC(C)(C)C)C(C)(C)N. The lowest BCUT2D eigenvalue weighted by atomic mass is 10.1. The van der Waals surface area contributed by atoms with Crippen molar-refractivity contribution >= 4 is 8.24 Å². The highest BCUT2D eigenvalue weighted by molar-refractivity contribution is 6.83. The molecule has 2 nitrogen and oxygen atoms in total. The van der Waals surface area contributed by atoms with E-state index in [9.17, 15) is 0 Å². The number of nitrogens with one attached hydrogen (secondary N) is 1. The Kier molecular flexibility index (Phi) is 3.52. The molecule has 0 amide bonds. The van der Waals surface area contributed by atoms with Gasteiger partial charge < -0.3 is 10.7 Å². The van der Waals surface area contributed by atoms with E-state index in [1.165, 1.54) is 0 Å². The second-order valence-corrected chi connectivity index (χ2v) is 9.85. The summed E-state index contributed by atoms with van der Waals surface area (Å²) in [5, 5.41) is -0.179. The van der Waals surface area contributed by atoms with Crippen LogP contribution in [-0.2, 0) is 0 Å². The number of hydrogen-bond acceptors (Lipinski definition) is 2. The van der Waals surface area contributed by atoms with Gasteiger partial charge in [-0.25, -0.2) is 0 Å². The van der Waals surface area contributed by atoms with Crippen molar-refractivity contribution in [3.8, 4) is 0 Å². The minimum absolute atomic E-state index is 0.103. The summed E-state index contributed by atoms with van der Waals surface area (Å²) < 4.78 is 0. The Morgan fingerprint density at radius 1 is 1.23 bits per heavy atom. The van der Waals surface area contributed by atoms with Crippen LogP contribution in [-0.4, -0.2) is 18.9 Å². The van der Waals surface area contributed by atoms with Crippen LogP contribution in [0.15, 0.2) is 12.3 Å². The maximum absolute atomic E-state index is 6.16. The molecule has 0 bridgehead atoms. The Labute approximate surface area is 83.7 Å². The van der Waals surface area contributed by atoms with E-state index >= 15 is 0 Å².